The molecule has 0 radical (unpaired) electrons. The Labute approximate surface area is 122 Å². The molecule has 0 bridgehead atoms. The number of carbonyl (C=O) groups excluding carboxylic acids is 1. The summed E-state index contributed by atoms with van der Waals surface area (Å²) in [6, 6.07) is 4.01. The van der Waals surface area contributed by atoms with Gasteiger partial charge < -0.3 is 15.4 Å². The third-order valence-corrected chi connectivity index (χ3v) is 4.98. The van der Waals surface area contributed by atoms with Crippen molar-refractivity contribution in [1.29, 1.82) is 0 Å². The van der Waals surface area contributed by atoms with Crippen molar-refractivity contribution in [3.8, 4) is 5.75 Å². The molecule has 1 aliphatic heterocycles. The van der Waals surface area contributed by atoms with Crippen molar-refractivity contribution < 1.29 is 17.9 Å². The minimum Gasteiger partial charge on any atom is -0.495 e. The highest BCUT2D eigenvalue weighted by Gasteiger charge is 2.29. The first kappa shape index (κ1) is 14.9. The molecule has 1 atom stereocenters. The summed E-state index contributed by atoms with van der Waals surface area (Å²) in [5, 5.41) is 5.69. The average Bonchev–Trinajstić information content (AvgIpc) is 2.68. The van der Waals surface area contributed by atoms with Crippen LogP contribution >= 0.6 is 11.6 Å². The zero-order valence-corrected chi connectivity index (χ0v) is 12.4. The normalized spacial score (nSPS) is 20.4. The van der Waals surface area contributed by atoms with Crippen LogP contribution in [0.1, 0.15) is 6.42 Å². The number of nitrogens with one attached hydrogen (secondary N) is 2. The Morgan fingerprint density at radius 2 is 2.20 bits per heavy atom. The van der Waals surface area contributed by atoms with Gasteiger partial charge in [-0.25, -0.2) is 13.2 Å². The van der Waals surface area contributed by atoms with Crippen LogP contribution in [0.5, 0.6) is 5.75 Å². The fraction of sp³-hybridized carbons (Fsp3) is 0.417. The molecule has 1 fully saturated rings. The maximum Gasteiger partial charge on any atom is 0.319 e. The van der Waals surface area contributed by atoms with Gasteiger partial charge in [0.05, 0.1) is 24.3 Å². The molecule has 8 heteroatoms. The molecule has 1 aromatic rings. The Morgan fingerprint density at radius 1 is 1.45 bits per heavy atom. The predicted molar refractivity (Wildman–Crippen MR) is 77.2 cm³/mol. The number of anilines is 1. The summed E-state index contributed by atoms with van der Waals surface area (Å²) in [7, 11) is -1.54. The number of benzene rings is 1. The van der Waals surface area contributed by atoms with E-state index in [1.807, 2.05) is 0 Å². The fourth-order valence-electron chi connectivity index (χ4n) is 2.03. The van der Waals surface area contributed by atoms with Gasteiger partial charge >= 0.3 is 6.03 Å². The van der Waals surface area contributed by atoms with E-state index in [4.69, 9.17) is 16.3 Å². The molecular formula is C12H15ClN2O4S. The standard InChI is InChI=1S/C12H15ClN2O4S/c1-19-11-3-2-8(13)6-10(11)15-12(16)14-9-4-5-20(17,18)7-9/h2-3,6,9H,4-5,7H2,1H3,(H2,14,15,16). The average molecular weight is 319 g/mol. The number of rotatable bonds is 3. The number of methoxy groups -OCH3 is 1. The van der Waals surface area contributed by atoms with Gasteiger partial charge in [-0.2, -0.15) is 0 Å². The van der Waals surface area contributed by atoms with E-state index in [1.54, 1.807) is 18.2 Å². The molecule has 2 rings (SSSR count). The second-order valence-electron chi connectivity index (χ2n) is 4.54. The van der Waals surface area contributed by atoms with Crippen molar-refractivity contribution in [2.24, 2.45) is 0 Å². The van der Waals surface area contributed by atoms with Gasteiger partial charge in [0.15, 0.2) is 9.84 Å². The van der Waals surface area contributed by atoms with Gasteiger partial charge in [-0.15, -0.1) is 0 Å². The van der Waals surface area contributed by atoms with E-state index in [0.29, 0.717) is 22.9 Å². The zero-order valence-electron chi connectivity index (χ0n) is 10.8. The first-order valence-corrected chi connectivity index (χ1v) is 8.21. The van der Waals surface area contributed by atoms with E-state index in [2.05, 4.69) is 10.6 Å². The van der Waals surface area contributed by atoms with Crippen LogP contribution < -0.4 is 15.4 Å². The molecule has 0 aliphatic carbocycles. The number of hydrogen-bond donors (Lipinski definition) is 2. The van der Waals surface area contributed by atoms with Crippen molar-refractivity contribution >= 4 is 33.2 Å². The maximum atomic E-state index is 11.8. The third-order valence-electron chi connectivity index (χ3n) is 2.98. The summed E-state index contributed by atoms with van der Waals surface area (Å²) in [5.74, 6) is 0.564. The highest BCUT2D eigenvalue weighted by Crippen LogP contribution is 2.27. The number of sulfone groups is 1. The molecule has 1 saturated heterocycles. The largest absolute Gasteiger partial charge is 0.495 e. The van der Waals surface area contributed by atoms with Crippen LogP contribution in [0, 0.1) is 0 Å². The van der Waals surface area contributed by atoms with Crippen LogP contribution in [-0.2, 0) is 9.84 Å². The summed E-state index contributed by atoms with van der Waals surface area (Å²) in [5.41, 5.74) is 0.429. The second kappa shape index (κ2) is 5.88. The van der Waals surface area contributed by atoms with Crippen molar-refractivity contribution in [3.63, 3.8) is 0 Å². The summed E-state index contributed by atoms with van der Waals surface area (Å²) < 4.78 is 27.7. The maximum absolute atomic E-state index is 11.8. The van der Waals surface area contributed by atoms with Crippen molar-refractivity contribution in [1.82, 2.24) is 5.32 Å². The van der Waals surface area contributed by atoms with Gasteiger partial charge in [0.2, 0.25) is 0 Å². The van der Waals surface area contributed by atoms with Gasteiger partial charge in [-0.3, -0.25) is 0 Å². The Hall–Kier alpha value is -1.47. The lowest BCUT2D eigenvalue weighted by atomic mass is 10.2. The Kier molecular flexibility index (Phi) is 4.39. The second-order valence-corrected chi connectivity index (χ2v) is 7.21. The van der Waals surface area contributed by atoms with E-state index in [9.17, 15) is 13.2 Å². The van der Waals surface area contributed by atoms with E-state index < -0.39 is 15.9 Å². The molecule has 20 heavy (non-hydrogen) atoms. The lowest BCUT2D eigenvalue weighted by molar-refractivity contribution is 0.249. The van der Waals surface area contributed by atoms with Crippen molar-refractivity contribution in [2.75, 3.05) is 23.9 Å². The molecule has 1 aromatic carbocycles. The van der Waals surface area contributed by atoms with Crippen LogP contribution in [0.25, 0.3) is 0 Å². The minimum atomic E-state index is -3.02. The zero-order chi connectivity index (χ0) is 14.8. The number of amides is 2. The molecule has 1 unspecified atom stereocenters. The quantitative estimate of drug-likeness (QED) is 0.887. The predicted octanol–water partition coefficient (Wildman–Crippen LogP) is 1.66. The van der Waals surface area contributed by atoms with Crippen LogP contribution in [-0.4, -0.2) is 39.1 Å². The molecule has 0 aromatic heterocycles. The number of urea groups is 1. The van der Waals surface area contributed by atoms with Gasteiger partial charge in [-0.1, -0.05) is 11.6 Å². The first-order chi connectivity index (χ1) is 9.39. The smallest absolute Gasteiger partial charge is 0.319 e. The molecule has 2 N–H and O–H groups in total. The van der Waals surface area contributed by atoms with Crippen LogP contribution in [0.3, 0.4) is 0 Å². The Morgan fingerprint density at radius 3 is 2.80 bits per heavy atom. The summed E-state index contributed by atoms with van der Waals surface area (Å²) >= 11 is 5.86. The lowest BCUT2D eigenvalue weighted by Crippen LogP contribution is -2.38. The monoisotopic (exact) mass is 318 g/mol. The first-order valence-electron chi connectivity index (χ1n) is 6.01. The number of ether oxygens (including phenoxy) is 1. The SMILES string of the molecule is COc1ccc(Cl)cc1NC(=O)NC1CCS(=O)(=O)C1. The van der Waals surface area contributed by atoms with Crippen LogP contribution in [0.2, 0.25) is 5.02 Å². The van der Waals surface area contributed by atoms with Crippen LogP contribution in [0.15, 0.2) is 18.2 Å². The van der Waals surface area contributed by atoms with Crippen molar-refractivity contribution in [3.05, 3.63) is 23.2 Å². The van der Waals surface area contributed by atoms with Gasteiger partial charge in [0, 0.05) is 11.1 Å². The lowest BCUT2D eigenvalue weighted by Gasteiger charge is -2.14. The summed E-state index contributed by atoms with van der Waals surface area (Å²) in [6.45, 7) is 0. The van der Waals surface area contributed by atoms with E-state index in [1.165, 1.54) is 7.11 Å². The van der Waals surface area contributed by atoms with E-state index >= 15 is 0 Å². The van der Waals surface area contributed by atoms with E-state index in [0.717, 1.165) is 0 Å². The van der Waals surface area contributed by atoms with Gasteiger partial charge in [-0.05, 0) is 24.6 Å². The van der Waals surface area contributed by atoms with Crippen molar-refractivity contribution in [2.45, 2.75) is 12.5 Å². The minimum absolute atomic E-state index is 0.0207. The van der Waals surface area contributed by atoms with E-state index in [-0.39, 0.29) is 17.5 Å². The fourth-order valence-corrected chi connectivity index (χ4v) is 3.88. The van der Waals surface area contributed by atoms with Gasteiger partial charge in [0.25, 0.3) is 0 Å². The molecule has 110 valence electrons. The highest BCUT2D eigenvalue weighted by molar-refractivity contribution is 7.91. The highest BCUT2D eigenvalue weighted by atomic mass is 35.5. The Balaban J connectivity index is 2.00. The number of carbonyl (C=O) groups is 1. The Bertz CT molecular complexity index is 618. The van der Waals surface area contributed by atoms with Crippen LogP contribution in [0.4, 0.5) is 10.5 Å². The molecule has 0 saturated carbocycles. The molecule has 6 nitrogen and oxygen atoms in total. The molecule has 0 spiro atoms. The third kappa shape index (κ3) is 3.77. The number of halogens is 1. The topological polar surface area (TPSA) is 84.5 Å². The molecular weight excluding hydrogens is 304 g/mol. The molecule has 1 aliphatic rings. The molecule has 2 amide bonds. The number of hydrogen-bond acceptors (Lipinski definition) is 4. The summed E-state index contributed by atoms with van der Waals surface area (Å²) in [6.07, 6.45) is 0.433. The summed E-state index contributed by atoms with van der Waals surface area (Å²) in [4.78, 5) is 11.8. The van der Waals surface area contributed by atoms with Gasteiger partial charge in [0.1, 0.15) is 5.75 Å². The molecule has 1 heterocycles.